The van der Waals surface area contributed by atoms with E-state index in [9.17, 15) is 9.90 Å². The molecular formula is C14H7NO3. The maximum absolute atomic E-state index is 11.5. The summed E-state index contributed by atoms with van der Waals surface area (Å²) in [6.45, 7) is 0. The topological polar surface area (TPSA) is 74.2 Å². The molecule has 0 unspecified atom stereocenters. The normalized spacial score (nSPS) is 10.6. The minimum atomic E-state index is -0.648. The number of benzene rings is 2. The first-order chi connectivity index (χ1) is 8.69. The molecule has 0 radical (unpaired) electrons. The molecule has 4 heteroatoms. The van der Waals surface area contributed by atoms with Crippen LogP contribution in [0.5, 0.6) is 5.75 Å². The highest BCUT2D eigenvalue weighted by Crippen LogP contribution is 2.27. The zero-order valence-corrected chi connectivity index (χ0v) is 9.18. The molecule has 0 spiro atoms. The van der Waals surface area contributed by atoms with Crippen molar-refractivity contribution in [1.29, 1.82) is 5.26 Å². The standard InChI is InChI=1S/C14H7NO3/c15-7-10-5-9-2-1-8-6-11(16)3-4-12(8)13(9)18-14(10)17/h1-6,16H. The Kier molecular flexibility index (Phi) is 2.07. The Morgan fingerprint density at radius 2 is 1.89 bits per heavy atom. The molecule has 86 valence electrons. The Morgan fingerprint density at radius 3 is 2.67 bits per heavy atom. The quantitative estimate of drug-likeness (QED) is 0.481. The number of aromatic hydroxyl groups is 1. The average molecular weight is 237 g/mol. The van der Waals surface area contributed by atoms with Crippen LogP contribution < -0.4 is 5.63 Å². The third-order valence-corrected chi connectivity index (χ3v) is 2.82. The molecule has 1 heterocycles. The fourth-order valence-electron chi connectivity index (χ4n) is 1.97. The van der Waals surface area contributed by atoms with Crippen molar-refractivity contribution in [1.82, 2.24) is 0 Å². The number of phenolic OH excluding ortho intramolecular Hbond substituents is 1. The van der Waals surface area contributed by atoms with Crippen LogP contribution in [-0.4, -0.2) is 5.11 Å². The van der Waals surface area contributed by atoms with Gasteiger partial charge in [0.15, 0.2) is 0 Å². The van der Waals surface area contributed by atoms with Crippen LogP contribution in [0.4, 0.5) is 0 Å². The maximum Gasteiger partial charge on any atom is 0.354 e. The molecular weight excluding hydrogens is 230 g/mol. The van der Waals surface area contributed by atoms with Crippen molar-refractivity contribution in [3.05, 3.63) is 52.4 Å². The van der Waals surface area contributed by atoms with E-state index in [1.54, 1.807) is 30.3 Å². The van der Waals surface area contributed by atoms with E-state index in [2.05, 4.69) is 0 Å². The van der Waals surface area contributed by atoms with Crippen LogP contribution in [0, 0.1) is 11.3 Å². The van der Waals surface area contributed by atoms with Gasteiger partial charge in [-0.1, -0.05) is 12.1 Å². The lowest BCUT2D eigenvalue weighted by Crippen LogP contribution is -2.03. The molecule has 18 heavy (non-hydrogen) atoms. The second-order valence-electron chi connectivity index (χ2n) is 3.95. The number of hydrogen-bond donors (Lipinski definition) is 1. The summed E-state index contributed by atoms with van der Waals surface area (Å²) in [5.74, 6) is 0.151. The molecule has 0 saturated heterocycles. The van der Waals surface area contributed by atoms with Crippen molar-refractivity contribution in [2.24, 2.45) is 0 Å². The predicted molar refractivity (Wildman–Crippen MR) is 66.4 cm³/mol. The molecule has 1 N–H and O–H groups in total. The zero-order valence-electron chi connectivity index (χ0n) is 9.18. The first-order valence-electron chi connectivity index (χ1n) is 5.29. The molecule has 2 aromatic carbocycles. The van der Waals surface area contributed by atoms with Gasteiger partial charge >= 0.3 is 5.63 Å². The summed E-state index contributed by atoms with van der Waals surface area (Å²) in [5.41, 5.74) is -0.234. The van der Waals surface area contributed by atoms with Crippen LogP contribution >= 0.6 is 0 Å². The molecule has 0 fully saturated rings. The van der Waals surface area contributed by atoms with E-state index >= 15 is 0 Å². The lowest BCUT2D eigenvalue weighted by atomic mass is 10.1. The van der Waals surface area contributed by atoms with E-state index in [-0.39, 0.29) is 11.3 Å². The number of nitrogens with zero attached hydrogens (tertiary/aromatic N) is 1. The molecule has 0 atom stereocenters. The monoisotopic (exact) mass is 237 g/mol. The second-order valence-corrected chi connectivity index (χ2v) is 3.95. The van der Waals surface area contributed by atoms with Gasteiger partial charge in [0, 0.05) is 10.8 Å². The molecule has 0 aliphatic rings. The van der Waals surface area contributed by atoms with E-state index in [0.29, 0.717) is 11.0 Å². The number of phenols is 1. The third-order valence-electron chi connectivity index (χ3n) is 2.82. The molecule has 0 aliphatic carbocycles. The van der Waals surface area contributed by atoms with E-state index in [4.69, 9.17) is 9.68 Å². The van der Waals surface area contributed by atoms with Crippen molar-refractivity contribution in [2.45, 2.75) is 0 Å². The van der Waals surface area contributed by atoms with Crippen molar-refractivity contribution >= 4 is 21.7 Å². The summed E-state index contributed by atoms with van der Waals surface area (Å²) >= 11 is 0. The van der Waals surface area contributed by atoms with Gasteiger partial charge in [-0.25, -0.2) is 4.79 Å². The average Bonchev–Trinajstić information content (AvgIpc) is 2.37. The molecule has 3 aromatic rings. The van der Waals surface area contributed by atoms with E-state index < -0.39 is 5.63 Å². The van der Waals surface area contributed by atoms with Gasteiger partial charge in [0.25, 0.3) is 0 Å². The van der Waals surface area contributed by atoms with E-state index in [1.807, 2.05) is 0 Å². The fraction of sp³-hybridized carbons (Fsp3) is 0. The van der Waals surface area contributed by atoms with Gasteiger partial charge in [-0.05, 0) is 29.7 Å². The van der Waals surface area contributed by atoms with Crippen LogP contribution in [0.2, 0.25) is 0 Å². The van der Waals surface area contributed by atoms with Crippen LogP contribution in [0.1, 0.15) is 5.56 Å². The number of hydrogen-bond acceptors (Lipinski definition) is 4. The summed E-state index contributed by atoms with van der Waals surface area (Å²) in [5, 5.41) is 20.4. The van der Waals surface area contributed by atoms with Gasteiger partial charge in [-0.3, -0.25) is 0 Å². The Bertz CT molecular complexity index is 872. The zero-order chi connectivity index (χ0) is 12.7. The number of rotatable bonds is 0. The molecule has 0 bridgehead atoms. The highest BCUT2D eigenvalue weighted by Gasteiger charge is 2.08. The Labute approximate surface area is 101 Å². The van der Waals surface area contributed by atoms with Crippen molar-refractivity contribution in [3.63, 3.8) is 0 Å². The van der Waals surface area contributed by atoms with Gasteiger partial charge in [-0.2, -0.15) is 5.26 Å². The van der Waals surface area contributed by atoms with E-state index in [1.165, 1.54) is 12.1 Å². The predicted octanol–water partition coefficient (Wildman–Crippen LogP) is 2.52. The lowest BCUT2D eigenvalue weighted by molar-refractivity contribution is 0.476. The molecule has 4 nitrogen and oxygen atoms in total. The maximum atomic E-state index is 11.5. The van der Waals surface area contributed by atoms with Gasteiger partial charge < -0.3 is 9.52 Å². The molecule has 0 aliphatic heterocycles. The Balaban J connectivity index is 2.52. The van der Waals surface area contributed by atoms with Crippen molar-refractivity contribution < 1.29 is 9.52 Å². The first-order valence-corrected chi connectivity index (χ1v) is 5.29. The minimum absolute atomic E-state index is 0.0133. The fourth-order valence-corrected chi connectivity index (χ4v) is 1.97. The van der Waals surface area contributed by atoms with Crippen molar-refractivity contribution in [2.75, 3.05) is 0 Å². The van der Waals surface area contributed by atoms with Gasteiger partial charge in [0.2, 0.25) is 0 Å². The Hall–Kier alpha value is -2.80. The largest absolute Gasteiger partial charge is 0.508 e. The second kappa shape index (κ2) is 3.60. The summed E-state index contributed by atoms with van der Waals surface area (Å²) in [6, 6.07) is 11.7. The molecule has 1 aromatic heterocycles. The van der Waals surface area contributed by atoms with Crippen LogP contribution in [0.15, 0.2) is 45.6 Å². The Morgan fingerprint density at radius 1 is 1.11 bits per heavy atom. The number of fused-ring (bicyclic) bond motifs is 3. The number of nitriles is 1. The molecule has 0 amide bonds. The summed E-state index contributed by atoms with van der Waals surface area (Å²) in [6.07, 6.45) is 0. The van der Waals surface area contributed by atoms with E-state index in [0.717, 1.165) is 10.8 Å². The van der Waals surface area contributed by atoms with Gasteiger partial charge in [-0.15, -0.1) is 0 Å². The first kappa shape index (κ1) is 10.4. The van der Waals surface area contributed by atoms with Crippen LogP contribution in [0.3, 0.4) is 0 Å². The van der Waals surface area contributed by atoms with Crippen LogP contribution in [0.25, 0.3) is 21.7 Å². The third kappa shape index (κ3) is 1.42. The minimum Gasteiger partial charge on any atom is -0.508 e. The summed E-state index contributed by atoms with van der Waals surface area (Å²) in [7, 11) is 0. The summed E-state index contributed by atoms with van der Waals surface area (Å²) in [4.78, 5) is 11.5. The molecule has 0 saturated carbocycles. The van der Waals surface area contributed by atoms with Gasteiger partial charge in [0.1, 0.15) is 23.0 Å². The SMILES string of the molecule is N#Cc1cc2ccc3cc(O)ccc3c2oc1=O. The molecule has 3 rings (SSSR count). The highest BCUT2D eigenvalue weighted by molar-refractivity contribution is 6.04. The van der Waals surface area contributed by atoms with Crippen molar-refractivity contribution in [3.8, 4) is 11.8 Å². The lowest BCUT2D eigenvalue weighted by Gasteiger charge is -2.03. The summed E-state index contributed by atoms with van der Waals surface area (Å²) < 4.78 is 5.18. The van der Waals surface area contributed by atoms with Gasteiger partial charge in [0.05, 0.1) is 0 Å². The highest BCUT2D eigenvalue weighted by atomic mass is 16.4. The van der Waals surface area contributed by atoms with Crippen LogP contribution in [-0.2, 0) is 0 Å². The smallest absolute Gasteiger partial charge is 0.354 e.